The molecule has 0 saturated carbocycles. The lowest BCUT2D eigenvalue weighted by atomic mass is 10.1. The fourth-order valence-electron chi connectivity index (χ4n) is 4.59. The molecule has 9 nitrogen and oxygen atoms in total. The van der Waals surface area contributed by atoms with E-state index in [1.165, 1.54) is 24.8 Å². The first kappa shape index (κ1) is 37.0. The summed E-state index contributed by atoms with van der Waals surface area (Å²) < 4.78 is 5.24. The van der Waals surface area contributed by atoms with E-state index in [4.69, 9.17) is 16.3 Å². The molecule has 3 amide bonds. The molecule has 3 N–H and O–H groups in total. The van der Waals surface area contributed by atoms with Crippen LogP contribution >= 0.6 is 11.6 Å². The highest BCUT2D eigenvalue weighted by Gasteiger charge is 2.22. The Labute approximate surface area is 269 Å². The van der Waals surface area contributed by atoms with Crippen molar-refractivity contribution in [2.75, 3.05) is 62.3 Å². The maximum atomic E-state index is 11.8. The normalized spacial score (nSPS) is 15.1. The monoisotopic (exact) mass is 629 g/mol. The van der Waals surface area contributed by atoms with Crippen molar-refractivity contribution in [1.29, 1.82) is 0 Å². The molecule has 0 spiro atoms. The van der Waals surface area contributed by atoms with Crippen molar-refractivity contribution < 1.29 is 19.1 Å². The standard InChI is InChI=1S/C15H22N2O.C10H12ClNO.C9H18N2O2/c1-13-6-5-7-14(12-13)16-15(18)8-11-17-9-3-2-4-10-17;1-8-3-2-4-9(7-8)12-10(13)5-6-11;1-9(2,3)13-8(12)11-6-4-10-5-7-11/h5-7,12H,2-4,8-11H2,1H3,(H,16,18);2-4,7H,5-6H2,1H3,(H,12,13);10H,4-7H2,1-3H3. The van der Waals surface area contributed by atoms with Gasteiger partial charge in [0.2, 0.25) is 11.8 Å². The van der Waals surface area contributed by atoms with Crippen LogP contribution in [-0.2, 0) is 14.3 Å². The van der Waals surface area contributed by atoms with E-state index in [0.29, 0.717) is 18.7 Å². The largest absolute Gasteiger partial charge is 0.444 e. The number of piperidine rings is 1. The van der Waals surface area contributed by atoms with Crippen molar-refractivity contribution in [2.45, 2.75) is 72.3 Å². The molecule has 2 saturated heterocycles. The van der Waals surface area contributed by atoms with Gasteiger partial charge in [0.25, 0.3) is 0 Å². The van der Waals surface area contributed by atoms with Gasteiger partial charge in [-0.25, -0.2) is 4.79 Å². The predicted molar refractivity (Wildman–Crippen MR) is 181 cm³/mol. The molecule has 244 valence electrons. The number of alkyl halides is 1. The van der Waals surface area contributed by atoms with Crippen molar-refractivity contribution in [3.05, 3.63) is 59.7 Å². The average molecular weight is 630 g/mol. The Kier molecular flexibility index (Phi) is 16.8. The Hall–Kier alpha value is -3.14. The lowest BCUT2D eigenvalue weighted by molar-refractivity contribution is -0.117. The molecule has 2 aliphatic heterocycles. The van der Waals surface area contributed by atoms with E-state index >= 15 is 0 Å². The third kappa shape index (κ3) is 16.6. The van der Waals surface area contributed by atoms with Crippen LogP contribution in [0, 0.1) is 13.8 Å². The molecule has 0 unspecified atom stereocenters. The smallest absolute Gasteiger partial charge is 0.410 e. The number of carbonyl (C=O) groups excluding carboxylic acids is 3. The van der Waals surface area contributed by atoms with Crippen LogP contribution in [0.25, 0.3) is 0 Å². The summed E-state index contributed by atoms with van der Waals surface area (Å²) in [4.78, 5) is 38.6. The Balaban J connectivity index is 0.000000235. The number of carbonyl (C=O) groups is 3. The molecule has 2 fully saturated rings. The summed E-state index contributed by atoms with van der Waals surface area (Å²) in [7, 11) is 0. The highest BCUT2D eigenvalue weighted by Crippen LogP contribution is 2.13. The number of rotatable bonds is 7. The van der Waals surface area contributed by atoms with Crippen LogP contribution < -0.4 is 16.0 Å². The third-order valence-corrected chi connectivity index (χ3v) is 6.99. The summed E-state index contributed by atoms with van der Waals surface area (Å²) in [5.74, 6) is 0.434. The van der Waals surface area contributed by atoms with Crippen molar-refractivity contribution >= 4 is 40.9 Å². The van der Waals surface area contributed by atoms with Crippen LogP contribution in [-0.4, -0.2) is 85.0 Å². The minimum Gasteiger partial charge on any atom is -0.444 e. The fourth-order valence-corrected chi connectivity index (χ4v) is 4.77. The third-order valence-electron chi connectivity index (χ3n) is 6.80. The van der Waals surface area contributed by atoms with Gasteiger partial charge in [0.05, 0.1) is 0 Å². The zero-order valence-electron chi connectivity index (χ0n) is 27.2. The van der Waals surface area contributed by atoms with Crippen molar-refractivity contribution in [2.24, 2.45) is 0 Å². The quantitative estimate of drug-likeness (QED) is 0.315. The zero-order valence-corrected chi connectivity index (χ0v) is 28.0. The number of nitrogens with one attached hydrogen (secondary N) is 3. The molecule has 0 aliphatic carbocycles. The maximum Gasteiger partial charge on any atom is 0.410 e. The maximum absolute atomic E-state index is 11.8. The van der Waals surface area contributed by atoms with Crippen molar-refractivity contribution in [3.8, 4) is 0 Å². The minimum absolute atomic E-state index is 0.0411. The Morgan fingerprint density at radius 3 is 1.82 bits per heavy atom. The first-order chi connectivity index (χ1) is 20.9. The van der Waals surface area contributed by atoms with Crippen LogP contribution in [0.15, 0.2) is 48.5 Å². The van der Waals surface area contributed by atoms with Crippen molar-refractivity contribution in [1.82, 2.24) is 15.1 Å². The van der Waals surface area contributed by atoms with Gasteiger partial charge in [-0.2, -0.15) is 0 Å². The van der Waals surface area contributed by atoms with Crippen LogP contribution in [0.1, 0.15) is 64.0 Å². The molecule has 10 heteroatoms. The van der Waals surface area contributed by atoms with E-state index in [9.17, 15) is 14.4 Å². The van der Waals surface area contributed by atoms with Gasteiger partial charge in [-0.15, -0.1) is 11.6 Å². The number of piperazine rings is 1. The summed E-state index contributed by atoms with van der Waals surface area (Å²) in [6.45, 7) is 16.1. The molecule has 2 aliphatic rings. The second-order valence-corrected chi connectivity index (χ2v) is 12.5. The molecule has 0 bridgehead atoms. The van der Waals surface area contributed by atoms with E-state index in [1.807, 2.05) is 83.1 Å². The average Bonchev–Trinajstić information content (AvgIpc) is 2.97. The summed E-state index contributed by atoms with van der Waals surface area (Å²) in [5.41, 5.74) is 3.64. The Morgan fingerprint density at radius 1 is 0.818 bits per heavy atom. The number of aryl methyl sites for hydroxylation is 2. The minimum atomic E-state index is -0.387. The molecule has 0 aromatic heterocycles. The van der Waals surface area contributed by atoms with Gasteiger partial charge in [0.15, 0.2) is 0 Å². The van der Waals surface area contributed by atoms with E-state index in [-0.39, 0.29) is 23.5 Å². The predicted octanol–water partition coefficient (Wildman–Crippen LogP) is 6.20. The van der Waals surface area contributed by atoms with E-state index in [1.54, 1.807) is 4.90 Å². The number of hydrogen-bond donors (Lipinski definition) is 3. The van der Waals surface area contributed by atoms with Gasteiger partial charge in [-0.3, -0.25) is 9.59 Å². The molecule has 2 heterocycles. The fraction of sp³-hybridized carbons (Fsp3) is 0.559. The van der Waals surface area contributed by atoms with Crippen LogP contribution in [0.5, 0.6) is 0 Å². The Morgan fingerprint density at radius 2 is 1.34 bits per heavy atom. The number of likely N-dealkylation sites (tertiary alicyclic amines) is 1. The highest BCUT2D eigenvalue weighted by atomic mass is 35.5. The number of benzene rings is 2. The van der Waals surface area contributed by atoms with Crippen LogP contribution in [0.2, 0.25) is 0 Å². The molecular weight excluding hydrogens is 578 g/mol. The molecule has 0 radical (unpaired) electrons. The second-order valence-electron chi connectivity index (χ2n) is 12.1. The summed E-state index contributed by atoms with van der Waals surface area (Å²) >= 11 is 5.43. The van der Waals surface area contributed by atoms with Gasteiger partial charge in [0.1, 0.15) is 5.60 Å². The van der Waals surface area contributed by atoms with Gasteiger partial charge in [-0.05, 0) is 95.9 Å². The first-order valence-corrected chi connectivity index (χ1v) is 16.2. The van der Waals surface area contributed by atoms with Gasteiger partial charge in [-0.1, -0.05) is 30.7 Å². The summed E-state index contributed by atoms with van der Waals surface area (Å²) in [6, 6.07) is 15.6. The van der Waals surface area contributed by atoms with Gasteiger partial charge >= 0.3 is 6.09 Å². The number of halogens is 1. The molecule has 0 atom stereocenters. The van der Waals surface area contributed by atoms with E-state index in [0.717, 1.165) is 62.8 Å². The van der Waals surface area contributed by atoms with E-state index in [2.05, 4.69) is 20.9 Å². The molecule has 2 aromatic carbocycles. The molecule has 44 heavy (non-hydrogen) atoms. The number of ether oxygens (including phenoxy) is 1. The van der Waals surface area contributed by atoms with Gasteiger partial charge < -0.3 is 30.5 Å². The SMILES string of the molecule is CC(C)(C)OC(=O)N1CCNCC1.Cc1cccc(NC(=O)CCCl)c1.Cc1cccc(NC(=O)CCN2CCCCC2)c1. The van der Waals surface area contributed by atoms with Crippen LogP contribution in [0.4, 0.5) is 16.2 Å². The Bertz CT molecular complexity index is 1160. The highest BCUT2D eigenvalue weighted by molar-refractivity contribution is 6.19. The lowest BCUT2D eigenvalue weighted by Crippen LogP contribution is -2.48. The zero-order chi connectivity index (χ0) is 32.4. The summed E-state index contributed by atoms with van der Waals surface area (Å²) in [5, 5.41) is 8.90. The molecule has 4 rings (SSSR count). The topological polar surface area (TPSA) is 103 Å². The number of anilines is 2. The van der Waals surface area contributed by atoms with Gasteiger partial charge in [0, 0.05) is 62.8 Å². The summed E-state index contributed by atoms with van der Waals surface area (Å²) in [6.07, 6.45) is 4.64. The van der Waals surface area contributed by atoms with Crippen molar-refractivity contribution in [3.63, 3.8) is 0 Å². The number of nitrogens with zero attached hydrogens (tertiary/aromatic N) is 2. The van der Waals surface area contributed by atoms with Crippen LogP contribution in [0.3, 0.4) is 0 Å². The lowest BCUT2D eigenvalue weighted by Gasteiger charge is -2.30. The first-order valence-electron chi connectivity index (χ1n) is 15.6. The van der Waals surface area contributed by atoms with E-state index < -0.39 is 0 Å². The molecular formula is C34H52ClN5O4. The number of hydrogen-bond acceptors (Lipinski definition) is 6. The number of amides is 3. The molecule has 2 aromatic rings. The second kappa shape index (κ2) is 20.0.